The van der Waals surface area contributed by atoms with Crippen molar-refractivity contribution in [3.8, 4) is 5.75 Å². The fraction of sp³-hybridized carbons (Fsp3) is 0.294. The topological polar surface area (TPSA) is 35.2 Å². The molecule has 0 atom stereocenters. The largest absolute Gasteiger partial charge is 0.490 e. The second kappa shape index (κ2) is 6.85. The van der Waals surface area contributed by atoms with Crippen molar-refractivity contribution in [1.29, 1.82) is 0 Å². The Bertz CT molecular complexity index is 643. The van der Waals surface area contributed by atoms with E-state index in [9.17, 15) is 4.39 Å². The van der Waals surface area contributed by atoms with Crippen molar-refractivity contribution in [3.05, 3.63) is 47.3 Å². The molecule has 0 aliphatic rings. The summed E-state index contributed by atoms with van der Waals surface area (Å²) in [4.78, 5) is 1.93. The van der Waals surface area contributed by atoms with Crippen molar-refractivity contribution in [3.63, 3.8) is 0 Å². The normalized spacial score (nSPS) is 10.7. The number of ether oxygens (including phenoxy) is 1. The van der Waals surface area contributed by atoms with Crippen LogP contribution in [0.4, 0.5) is 10.1 Å². The molecule has 21 heavy (non-hydrogen) atoms. The molecular weight excluding hydrogens is 285 g/mol. The quantitative estimate of drug-likeness (QED) is 0.793. The van der Waals surface area contributed by atoms with Crippen LogP contribution in [0.3, 0.4) is 0 Å². The maximum atomic E-state index is 13.8. The van der Waals surface area contributed by atoms with Gasteiger partial charge in [-0.1, -0.05) is 36.4 Å². The first kappa shape index (κ1) is 15.7. The van der Waals surface area contributed by atoms with Crippen LogP contribution in [0.1, 0.15) is 24.5 Å². The summed E-state index contributed by atoms with van der Waals surface area (Å²) in [5.41, 5.74) is 8.76. The fourth-order valence-electron chi connectivity index (χ4n) is 1.99. The molecule has 2 nitrogen and oxygen atoms in total. The molecule has 2 aromatic carbocycles. The van der Waals surface area contributed by atoms with E-state index in [1.807, 2.05) is 6.92 Å². The summed E-state index contributed by atoms with van der Waals surface area (Å²) in [6.45, 7) is 6.60. The number of rotatable bonds is 5. The van der Waals surface area contributed by atoms with Gasteiger partial charge in [0.2, 0.25) is 0 Å². The number of nitrogens with two attached hydrogens (primary N) is 1. The average molecular weight is 305 g/mol. The van der Waals surface area contributed by atoms with Crippen LogP contribution in [0.5, 0.6) is 5.75 Å². The molecule has 0 amide bonds. The van der Waals surface area contributed by atoms with Crippen molar-refractivity contribution >= 4 is 17.4 Å². The minimum atomic E-state index is -0.411. The van der Waals surface area contributed by atoms with Crippen LogP contribution in [0.2, 0.25) is 0 Å². The SMILES string of the molecule is CCCOc1cc(Sc2ccc(C)cc2C)c(N)cc1F. The highest BCUT2D eigenvalue weighted by Gasteiger charge is 2.11. The lowest BCUT2D eigenvalue weighted by Crippen LogP contribution is -1.99. The van der Waals surface area contributed by atoms with E-state index in [1.54, 1.807) is 6.07 Å². The van der Waals surface area contributed by atoms with Crippen molar-refractivity contribution in [2.45, 2.75) is 37.0 Å². The number of benzene rings is 2. The van der Waals surface area contributed by atoms with Gasteiger partial charge in [0, 0.05) is 21.5 Å². The zero-order chi connectivity index (χ0) is 15.4. The molecule has 0 bridgehead atoms. The smallest absolute Gasteiger partial charge is 0.167 e. The molecule has 0 saturated heterocycles. The van der Waals surface area contributed by atoms with E-state index in [1.165, 1.54) is 29.0 Å². The predicted molar refractivity (Wildman–Crippen MR) is 86.6 cm³/mol. The molecule has 2 aromatic rings. The Hall–Kier alpha value is -1.68. The lowest BCUT2D eigenvalue weighted by molar-refractivity contribution is 0.300. The molecule has 4 heteroatoms. The lowest BCUT2D eigenvalue weighted by atomic mass is 10.2. The van der Waals surface area contributed by atoms with Crippen molar-refractivity contribution in [2.24, 2.45) is 0 Å². The van der Waals surface area contributed by atoms with Crippen LogP contribution in [-0.2, 0) is 0 Å². The summed E-state index contributed by atoms with van der Waals surface area (Å²) in [6.07, 6.45) is 0.837. The Labute approximate surface area is 129 Å². The van der Waals surface area contributed by atoms with Crippen molar-refractivity contribution in [1.82, 2.24) is 0 Å². The summed E-state index contributed by atoms with van der Waals surface area (Å²) in [6, 6.07) is 9.26. The summed E-state index contributed by atoms with van der Waals surface area (Å²) in [7, 11) is 0. The first-order chi connectivity index (χ1) is 10.0. The van der Waals surface area contributed by atoms with Gasteiger partial charge in [-0.05, 0) is 38.0 Å². The zero-order valence-corrected chi connectivity index (χ0v) is 13.4. The van der Waals surface area contributed by atoms with E-state index >= 15 is 0 Å². The van der Waals surface area contributed by atoms with Gasteiger partial charge in [0.1, 0.15) is 0 Å². The highest BCUT2D eigenvalue weighted by molar-refractivity contribution is 7.99. The average Bonchev–Trinajstić information content (AvgIpc) is 2.43. The maximum Gasteiger partial charge on any atom is 0.167 e. The van der Waals surface area contributed by atoms with Gasteiger partial charge >= 0.3 is 0 Å². The third kappa shape index (κ3) is 3.91. The molecular formula is C17H20FNOS. The minimum absolute atomic E-state index is 0.262. The van der Waals surface area contributed by atoms with Gasteiger partial charge in [0.25, 0.3) is 0 Å². The van der Waals surface area contributed by atoms with Crippen LogP contribution in [0.15, 0.2) is 40.1 Å². The third-order valence-corrected chi connectivity index (χ3v) is 4.33. The zero-order valence-electron chi connectivity index (χ0n) is 12.6. The second-order valence-corrected chi connectivity index (χ2v) is 6.12. The first-order valence-corrected chi connectivity index (χ1v) is 7.80. The summed E-state index contributed by atoms with van der Waals surface area (Å²) < 4.78 is 19.2. The highest BCUT2D eigenvalue weighted by atomic mass is 32.2. The monoisotopic (exact) mass is 305 g/mol. The van der Waals surface area contributed by atoms with E-state index in [4.69, 9.17) is 10.5 Å². The van der Waals surface area contributed by atoms with Crippen LogP contribution in [-0.4, -0.2) is 6.61 Å². The van der Waals surface area contributed by atoms with E-state index in [0.29, 0.717) is 12.3 Å². The number of nitrogen functional groups attached to an aromatic ring is 1. The number of hydrogen-bond donors (Lipinski definition) is 1. The molecule has 0 heterocycles. The van der Waals surface area contributed by atoms with Gasteiger partial charge < -0.3 is 10.5 Å². The molecule has 0 spiro atoms. The molecule has 0 fully saturated rings. The Morgan fingerprint density at radius 3 is 2.57 bits per heavy atom. The Morgan fingerprint density at radius 2 is 1.90 bits per heavy atom. The molecule has 0 saturated carbocycles. The predicted octanol–water partition coefficient (Wildman–Crippen LogP) is 4.96. The molecule has 0 unspecified atom stereocenters. The highest BCUT2D eigenvalue weighted by Crippen LogP contribution is 2.37. The molecule has 112 valence electrons. The fourth-order valence-corrected chi connectivity index (χ4v) is 2.93. The number of anilines is 1. The van der Waals surface area contributed by atoms with Crippen LogP contribution in [0, 0.1) is 19.7 Å². The molecule has 2 rings (SSSR count). The Morgan fingerprint density at radius 1 is 1.14 bits per heavy atom. The molecule has 0 aromatic heterocycles. The Kier molecular flexibility index (Phi) is 5.12. The van der Waals surface area contributed by atoms with E-state index in [0.717, 1.165) is 16.2 Å². The van der Waals surface area contributed by atoms with Gasteiger partial charge in [-0.15, -0.1) is 0 Å². The van der Waals surface area contributed by atoms with E-state index in [2.05, 4.69) is 32.0 Å². The molecule has 0 aliphatic carbocycles. The molecule has 0 aliphatic heterocycles. The number of halogens is 1. The summed E-state index contributed by atoms with van der Waals surface area (Å²) >= 11 is 1.53. The number of aryl methyl sites for hydroxylation is 2. The van der Waals surface area contributed by atoms with Crippen molar-refractivity contribution < 1.29 is 9.13 Å². The number of hydrogen-bond acceptors (Lipinski definition) is 3. The van der Waals surface area contributed by atoms with Crippen LogP contribution >= 0.6 is 11.8 Å². The van der Waals surface area contributed by atoms with Crippen molar-refractivity contribution in [2.75, 3.05) is 12.3 Å². The summed E-state index contributed by atoms with van der Waals surface area (Å²) in [5.74, 6) is -0.149. The van der Waals surface area contributed by atoms with Crippen LogP contribution < -0.4 is 10.5 Å². The standard InChI is InChI=1S/C17H20FNOS/c1-4-7-20-15-10-17(14(19)9-13(15)18)21-16-6-5-11(2)8-12(16)3/h5-6,8-10H,4,7,19H2,1-3H3. The molecule has 2 N–H and O–H groups in total. The minimum Gasteiger partial charge on any atom is -0.490 e. The molecule has 0 radical (unpaired) electrons. The van der Waals surface area contributed by atoms with Gasteiger partial charge in [-0.3, -0.25) is 0 Å². The maximum absolute atomic E-state index is 13.8. The van der Waals surface area contributed by atoms with E-state index in [-0.39, 0.29) is 5.75 Å². The van der Waals surface area contributed by atoms with E-state index < -0.39 is 5.82 Å². The second-order valence-electron chi connectivity index (χ2n) is 5.04. The lowest BCUT2D eigenvalue weighted by Gasteiger charge is -2.12. The summed E-state index contributed by atoms with van der Waals surface area (Å²) in [5, 5.41) is 0. The third-order valence-electron chi connectivity index (χ3n) is 3.08. The van der Waals surface area contributed by atoms with Gasteiger partial charge in [0.15, 0.2) is 11.6 Å². The Balaban J connectivity index is 2.30. The van der Waals surface area contributed by atoms with Gasteiger partial charge in [-0.2, -0.15) is 0 Å². The van der Waals surface area contributed by atoms with Gasteiger partial charge in [-0.25, -0.2) is 4.39 Å². The van der Waals surface area contributed by atoms with Crippen LogP contribution in [0.25, 0.3) is 0 Å². The van der Waals surface area contributed by atoms with Gasteiger partial charge in [0.05, 0.1) is 6.61 Å². The first-order valence-electron chi connectivity index (χ1n) is 6.98.